The first-order valence-corrected chi connectivity index (χ1v) is 6.22. The van der Waals surface area contributed by atoms with Gasteiger partial charge in [0.2, 0.25) is 0 Å². The molecule has 0 saturated heterocycles. The van der Waals surface area contributed by atoms with Gasteiger partial charge in [-0.25, -0.2) is 4.98 Å². The zero-order valence-electron chi connectivity index (χ0n) is 8.95. The maximum Gasteiger partial charge on any atom is 0.182 e. The quantitative estimate of drug-likeness (QED) is 0.670. The van der Waals surface area contributed by atoms with Gasteiger partial charge in [0.25, 0.3) is 0 Å². The van der Waals surface area contributed by atoms with E-state index in [2.05, 4.69) is 20.9 Å². The molecule has 0 aliphatic heterocycles. The molecular formula is C12H8BrClN2O. The number of furan rings is 1. The fourth-order valence-electron chi connectivity index (χ4n) is 1.76. The monoisotopic (exact) mass is 310 g/mol. The standard InChI is InChI=1S/C12H8BrClN2O/c1-7-4-5-16-8(6-7)11(14)15-12(16)9-2-3-10(13)17-9/h2-6H,1H3. The van der Waals surface area contributed by atoms with Gasteiger partial charge in [0.05, 0.1) is 5.52 Å². The predicted molar refractivity (Wildman–Crippen MR) is 70.3 cm³/mol. The SMILES string of the molecule is Cc1ccn2c(-c3ccc(Br)o3)nc(Cl)c2c1. The van der Waals surface area contributed by atoms with Crippen molar-refractivity contribution in [3.8, 4) is 11.6 Å². The molecule has 3 aromatic rings. The number of aryl methyl sites for hydroxylation is 1. The molecule has 0 aromatic carbocycles. The van der Waals surface area contributed by atoms with E-state index < -0.39 is 0 Å². The molecule has 0 atom stereocenters. The van der Waals surface area contributed by atoms with Crippen LogP contribution in [0.3, 0.4) is 0 Å². The van der Waals surface area contributed by atoms with E-state index >= 15 is 0 Å². The highest BCUT2D eigenvalue weighted by molar-refractivity contribution is 9.10. The lowest BCUT2D eigenvalue weighted by Gasteiger charge is -1.98. The Balaban J connectivity index is 2.31. The van der Waals surface area contributed by atoms with Crippen LogP contribution in [0.2, 0.25) is 5.15 Å². The smallest absolute Gasteiger partial charge is 0.182 e. The van der Waals surface area contributed by atoms with Crippen molar-refractivity contribution in [2.75, 3.05) is 0 Å². The Kier molecular flexibility index (Phi) is 2.49. The third-order valence-corrected chi connectivity index (χ3v) is 3.25. The van der Waals surface area contributed by atoms with Crippen molar-refractivity contribution in [3.63, 3.8) is 0 Å². The normalized spacial score (nSPS) is 11.2. The van der Waals surface area contributed by atoms with Crippen LogP contribution in [0.4, 0.5) is 0 Å². The number of nitrogens with zero attached hydrogens (tertiary/aromatic N) is 2. The van der Waals surface area contributed by atoms with E-state index in [1.165, 1.54) is 0 Å². The van der Waals surface area contributed by atoms with Gasteiger partial charge in [0.1, 0.15) is 0 Å². The number of hydrogen-bond donors (Lipinski definition) is 0. The fourth-order valence-corrected chi connectivity index (χ4v) is 2.29. The number of hydrogen-bond acceptors (Lipinski definition) is 2. The van der Waals surface area contributed by atoms with Crippen LogP contribution < -0.4 is 0 Å². The lowest BCUT2D eigenvalue weighted by molar-refractivity contribution is 0.551. The van der Waals surface area contributed by atoms with Gasteiger partial charge >= 0.3 is 0 Å². The minimum Gasteiger partial charge on any atom is -0.446 e. The third-order valence-electron chi connectivity index (χ3n) is 2.55. The topological polar surface area (TPSA) is 30.4 Å². The van der Waals surface area contributed by atoms with Crippen LogP contribution in [-0.2, 0) is 0 Å². The maximum atomic E-state index is 6.12. The summed E-state index contributed by atoms with van der Waals surface area (Å²) in [6.45, 7) is 2.02. The second-order valence-corrected chi connectivity index (χ2v) is 4.93. The van der Waals surface area contributed by atoms with Crippen molar-refractivity contribution in [1.29, 1.82) is 0 Å². The van der Waals surface area contributed by atoms with E-state index in [0.29, 0.717) is 21.4 Å². The van der Waals surface area contributed by atoms with Crippen molar-refractivity contribution in [3.05, 3.63) is 45.8 Å². The van der Waals surface area contributed by atoms with E-state index in [-0.39, 0.29) is 0 Å². The van der Waals surface area contributed by atoms with Gasteiger partial charge in [0.15, 0.2) is 21.4 Å². The molecular weight excluding hydrogens is 304 g/mol. The Morgan fingerprint density at radius 3 is 2.88 bits per heavy atom. The Labute approximate surface area is 111 Å². The van der Waals surface area contributed by atoms with E-state index in [1.807, 2.05) is 41.8 Å². The first-order valence-electron chi connectivity index (χ1n) is 5.05. The third kappa shape index (κ3) is 1.77. The Morgan fingerprint density at radius 1 is 1.35 bits per heavy atom. The maximum absolute atomic E-state index is 6.12. The number of aromatic nitrogens is 2. The first-order chi connectivity index (χ1) is 8.15. The summed E-state index contributed by atoms with van der Waals surface area (Å²) in [5.74, 6) is 1.39. The van der Waals surface area contributed by atoms with Gasteiger partial charge < -0.3 is 4.42 Å². The lowest BCUT2D eigenvalue weighted by atomic mass is 10.3. The first kappa shape index (κ1) is 10.9. The summed E-state index contributed by atoms with van der Waals surface area (Å²) in [6.07, 6.45) is 1.94. The Hall–Kier alpha value is -1.26. The molecule has 3 rings (SSSR count). The van der Waals surface area contributed by atoms with Crippen molar-refractivity contribution in [2.24, 2.45) is 0 Å². The molecule has 0 bridgehead atoms. The zero-order valence-corrected chi connectivity index (χ0v) is 11.3. The van der Waals surface area contributed by atoms with Gasteiger partial charge in [-0.15, -0.1) is 0 Å². The van der Waals surface area contributed by atoms with Gasteiger partial charge in [-0.05, 0) is 52.7 Å². The van der Waals surface area contributed by atoms with E-state index in [4.69, 9.17) is 16.0 Å². The summed E-state index contributed by atoms with van der Waals surface area (Å²) in [4.78, 5) is 4.33. The van der Waals surface area contributed by atoms with Crippen LogP contribution in [0.1, 0.15) is 5.56 Å². The second kappa shape index (κ2) is 3.89. The molecule has 0 radical (unpaired) electrons. The van der Waals surface area contributed by atoms with Gasteiger partial charge in [0, 0.05) is 6.20 Å². The zero-order chi connectivity index (χ0) is 12.0. The fraction of sp³-hybridized carbons (Fsp3) is 0.0833. The van der Waals surface area contributed by atoms with Crippen molar-refractivity contribution >= 4 is 33.0 Å². The number of imidazole rings is 1. The molecule has 3 heterocycles. The summed E-state index contributed by atoms with van der Waals surface area (Å²) in [6, 6.07) is 7.69. The average molecular weight is 312 g/mol. The van der Waals surface area contributed by atoms with Crippen molar-refractivity contribution < 1.29 is 4.42 Å². The van der Waals surface area contributed by atoms with Crippen LogP contribution in [0, 0.1) is 6.92 Å². The molecule has 0 N–H and O–H groups in total. The molecule has 17 heavy (non-hydrogen) atoms. The van der Waals surface area contributed by atoms with Gasteiger partial charge in [-0.3, -0.25) is 4.40 Å². The number of fused-ring (bicyclic) bond motifs is 1. The summed E-state index contributed by atoms with van der Waals surface area (Å²) in [7, 11) is 0. The summed E-state index contributed by atoms with van der Waals surface area (Å²) >= 11 is 9.40. The Morgan fingerprint density at radius 2 is 2.18 bits per heavy atom. The Bertz CT molecular complexity index is 702. The summed E-state index contributed by atoms with van der Waals surface area (Å²) < 4.78 is 8.09. The highest BCUT2D eigenvalue weighted by atomic mass is 79.9. The van der Waals surface area contributed by atoms with E-state index in [0.717, 1.165) is 11.1 Å². The largest absolute Gasteiger partial charge is 0.446 e. The number of halogens is 2. The molecule has 0 fully saturated rings. The summed E-state index contributed by atoms with van der Waals surface area (Å²) in [5, 5.41) is 0.483. The van der Waals surface area contributed by atoms with Crippen LogP contribution in [0.5, 0.6) is 0 Å². The molecule has 5 heteroatoms. The van der Waals surface area contributed by atoms with Crippen LogP contribution in [0.15, 0.2) is 39.5 Å². The van der Waals surface area contributed by atoms with Gasteiger partial charge in [-0.1, -0.05) is 11.6 Å². The van der Waals surface area contributed by atoms with Crippen LogP contribution in [-0.4, -0.2) is 9.38 Å². The lowest BCUT2D eigenvalue weighted by Crippen LogP contribution is -1.87. The van der Waals surface area contributed by atoms with Crippen molar-refractivity contribution in [2.45, 2.75) is 6.92 Å². The summed E-state index contributed by atoms with van der Waals surface area (Å²) in [5.41, 5.74) is 2.03. The van der Waals surface area contributed by atoms with Crippen LogP contribution in [0.25, 0.3) is 17.1 Å². The van der Waals surface area contributed by atoms with Gasteiger partial charge in [-0.2, -0.15) is 0 Å². The predicted octanol–water partition coefficient (Wildman–Crippen LogP) is 4.32. The molecule has 3 aromatic heterocycles. The average Bonchev–Trinajstić information content (AvgIpc) is 2.84. The second-order valence-electron chi connectivity index (χ2n) is 3.79. The minimum atomic E-state index is 0.483. The van der Waals surface area contributed by atoms with E-state index in [9.17, 15) is 0 Å². The molecule has 0 aliphatic carbocycles. The molecule has 3 nitrogen and oxygen atoms in total. The molecule has 0 amide bonds. The molecule has 0 unspecified atom stereocenters. The molecule has 86 valence electrons. The number of pyridine rings is 1. The highest BCUT2D eigenvalue weighted by Crippen LogP contribution is 2.28. The van der Waals surface area contributed by atoms with Crippen LogP contribution >= 0.6 is 27.5 Å². The highest BCUT2D eigenvalue weighted by Gasteiger charge is 2.14. The van der Waals surface area contributed by atoms with Crippen molar-refractivity contribution in [1.82, 2.24) is 9.38 Å². The minimum absolute atomic E-state index is 0.483. The molecule has 0 saturated carbocycles. The molecule has 0 spiro atoms. The van der Waals surface area contributed by atoms with E-state index in [1.54, 1.807) is 0 Å². The number of rotatable bonds is 1. The molecule has 0 aliphatic rings.